The molecular weight excluding hydrogens is 336 g/mol. The van der Waals surface area contributed by atoms with E-state index in [2.05, 4.69) is 0 Å². The van der Waals surface area contributed by atoms with Gasteiger partial charge in [-0.25, -0.2) is 0 Å². The number of esters is 2. The topological polar surface area (TPSA) is 86.7 Å². The van der Waals surface area contributed by atoms with Gasteiger partial charge in [-0.1, -0.05) is 12.8 Å². The summed E-state index contributed by atoms with van der Waals surface area (Å²) >= 11 is 0. The molecule has 0 aromatic heterocycles. The van der Waals surface area contributed by atoms with Gasteiger partial charge in [0, 0.05) is 0 Å². The molecule has 2 unspecified atom stereocenters. The fraction of sp³-hybridized carbons (Fsp3) is 0.800. The molecule has 0 bridgehead atoms. The zero-order valence-electron chi connectivity index (χ0n) is 15.8. The molecule has 0 aromatic carbocycles. The highest BCUT2D eigenvalue weighted by Crippen LogP contribution is 2.27. The summed E-state index contributed by atoms with van der Waals surface area (Å²) in [6.45, 7) is 2.44. The number of hydrogen-bond acceptors (Lipinski definition) is 6. The van der Waals surface area contributed by atoms with Crippen LogP contribution in [0.5, 0.6) is 0 Å². The van der Waals surface area contributed by atoms with Crippen molar-refractivity contribution in [3.63, 3.8) is 0 Å². The molecule has 0 radical (unpaired) electrons. The number of hydrogen-bond donors (Lipinski definition) is 0. The lowest BCUT2D eigenvalue weighted by atomic mass is 9.85. The monoisotopic (exact) mass is 366 g/mol. The van der Waals surface area contributed by atoms with E-state index in [0.29, 0.717) is 0 Å². The average Bonchev–Trinajstić information content (AvgIpc) is 2.60. The fourth-order valence-corrected chi connectivity index (χ4v) is 3.91. The molecule has 2 rings (SSSR count). The first kappa shape index (κ1) is 20.6. The predicted octanol–water partition coefficient (Wildman–Crippen LogP) is 3.15. The first-order valence-corrected chi connectivity index (χ1v) is 9.82. The Hall–Kier alpha value is -1.72. The number of carbonyl (C=O) groups excluding carboxylic acids is 4. The Morgan fingerprint density at radius 3 is 1.19 bits per heavy atom. The maximum Gasteiger partial charge on any atom is 0.318 e. The summed E-state index contributed by atoms with van der Waals surface area (Å²) in [5.74, 6) is -5.44. The lowest BCUT2D eigenvalue weighted by Gasteiger charge is -2.28. The van der Waals surface area contributed by atoms with Crippen molar-refractivity contribution >= 4 is 23.5 Å². The zero-order chi connectivity index (χ0) is 19.1. The molecule has 6 nitrogen and oxygen atoms in total. The minimum absolute atomic E-state index is 0.236. The Morgan fingerprint density at radius 2 is 0.923 bits per heavy atom. The van der Waals surface area contributed by atoms with Crippen LogP contribution in [0.3, 0.4) is 0 Å². The van der Waals surface area contributed by atoms with E-state index in [1.807, 2.05) is 0 Å². The van der Waals surface area contributed by atoms with Crippen LogP contribution in [0.1, 0.15) is 78.1 Å². The predicted molar refractivity (Wildman–Crippen MR) is 94.3 cm³/mol. The van der Waals surface area contributed by atoms with Gasteiger partial charge in [0.25, 0.3) is 0 Å². The SMILES string of the molecule is CC(=O)C(C(=O)OC1CCCCC1)C(C(C)=O)C(=O)OC1CCCCC1. The molecule has 0 amide bonds. The van der Waals surface area contributed by atoms with Crippen molar-refractivity contribution < 1.29 is 28.7 Å². The standard InChI is InChI=1S/C20H30O6/c1-13(21)17(19(23)25-15-9-5-3-6-10-15)18(14(2)22)20(24)26-16-11-7-4-8-12-16/h15-18H,3-12H2,1-2H3. The van der Waals surface area contributed by atoms with E-state index < -0.39 is 35.3 Å². The fourth-order valence-electron chi connectivity index (χ4n) is 3.91. The van der Waals surface area contributed by atoms with E-state index in [-0.39, 0.29) is 12.2 Å². The molecule has 2 atom stereocenters. The summed E-state index contributed by atoms with van der Waals surface area (Å²) < 4.78 is 10.9. The third-order valence-corrected chi connectivity index (χ3v) is 5.39. The zero-order valence-corrected chi connectivity index (χ0v) is 15.8. The van der Waals surface area contributed by atoms with Gasteiger partial charge >= 0.3 is 11.9 Å². The van der Waals surface area contributed by atoms with E-state index in [1.54, 1.807) is 0 Å². The second-order valence-corrected chi connectivity index (χ2v) is 7.57. The smallest absolute Gasteiger partial charge is 0.318 e. The molecule has 26 heavy (non-hydrogen) atoms. The van der Waals surface area contributed by atoms with E-state index in [1.165, 1.54) is 13.8 Å². The van der Waals surface area contributed by atoms with Gasteiger partial charge in [-0.2, -0.15) is 0 Å². The minimum Gasteiger partial charge on any atom is -0.462 e. The van der Waals surface area contributed by atoms with Gasteiger partial charge in [-0.3, -0.25) is 19.2 Å². The van der Waals surface area contributed by atoms with Crippen LogP contribution in [-0.4, -0.2) is 35.7 Å². The first-order chi connectivity index (χ1) is 12.4. The van der Waals surface area contributed by atoms with Gasteiger partial charge in [-0.15, -0.1) is 0 Å². The number of ketones is 2. The Bertz CT molecular complexity index is 480. The van der Waals surface area contributed by atoms with Crippen LogP contribution in [-0.2, 0) is 28.7 Å². The Morgan fingerprint density at radius 1 is 0.615 bits per heavy atom. The Kier molecular flexibility index (Phi) is 7.79. The summed E-state index contributed by atoms with van der Waals surface area (Å²) in [5.41, 5.74) is 0. The lowest BCUT2D eigenvalue weighted by molar-refractivity contribution is -0.172. The van der Waals surface area contributed by atoms with Gasteiger partial charge in [-0.05, 0) is 65.2 Å². The minimum atomic E-state index is -1.41. The third kappa shape index (κ3) is 5.64. The number of ether oxygens (including phenoxy) is 2. The quantitative estimate of drug-likeness (QED) is 0.508. The van der Waals surface area contributed by atoms with Crippen LogP contribution in [0.25, 0.3) is 0 Å². The summed E-state index contributed by atoms with van der Waals surface area (Å²) in [7, 11) is 0. The van der Waals surface area contributed by atoms with Crippen molar-refractivity contribution in [3.05, 3.63) is 0 Å². The first-order valence-electron chi connectivity index (χ1n) is 9.82. The van der Waals surface area contributed by atoms with Crippen molar-refractivity contribution in [2.45, 2.75) is 90.3 Å². The van der Waals surface area contributed by atoms with Crippen molar-refractivity contribution in [3.8, 4) is 0 Å². The number of carbonyl (C=O) groups is 4. The van der Waals surface area contributed by atoms with Crippen LogP contribution in [0.4, 0.5) is 0 Å². The van der Waals surface area contributed by atoms with Crippen molar-refractivity contribution in [2.75, 3.05) is 0 Å². The van der Waals surface area contributed by atoms with E-state index in [9.17, 15) is 19.2 Å². The Labute approximate surface area is 155 Å². The molecule has 0 spiro atoms. The molecule has 2 saturated carbocycles. The van der Waals surface area contributed by atoms with E-state index >= 15 is 0 Å². The molecule has 0 heterocycles. The second kappa shape index (κ2) is 9.83. The molecule has 0 saturated heterocycles. The van der Waals surface area contributed by atoms with Crippen LogP contribution in [0.15, 0.2) is 0 Å². The van der Waals surface area contributed by atoms with Crippen LogP contribution in [0, 0.1) is 11.8 Å². The van der Waals surface area contributed by atoms with Crippen molar-refractivity contribution in [2.24, 2.45) is 11.8 Å². The Balaban J connectivity index is 2.08. The molecule has 2 fully saturated rings. The van der Waals surface area contributed by atoms with Crippen LogP contribution < -0.4 is 0 Å². The van der Waals surface area contributed by atoms with Gasteiger partial charge in [0.2, 0.25) is 0 Å². The van der Waals surface area contributed by atoms with Crippen molar-refractivity contribution in [1.82, 2.24) is 0 Å². The normalized spacial score (nSPS) is 21.5. The second-order valence-electron chi connectivity index (χ2n) is 7.57. The van der Waals surface area contributed by atoms with Gasteiger partial charge in [0.05, 0.1) is 0 Å². The molecule has 0 N–H and O–H groups in total. The highest BCUT2D eigenvalue weighted by molar-refractivity contribution is 6.10. The maximum absolute atomic E-state index is 12.6. The average molecular weight is 366 g/mol. The molecule has 2 aliphatic rings. The van der Waals surface area contributed by atoms with E-state index in [0.717, 1.165) is 64.2 Å². The molecular formula is C20H30O6. The van der Waals surface area contributed by atoms with Gasteiger partial charge in [0.15, 0.2) is 0 Å². The maximum atomic E-state index is 12.6. The lowest BCUT2D eigenvalue weighted by Crippen LogP contribution is -2.43. The van der Waals surface area contributed by atoms with Crippen LogP contribution >= 0.6 is 0 Å². The van der Waals surface area contributed by atoms with Gasteiger partial charge in [0.1, 0.15) is 35.6 Å². The van der Waals surface area contributed by atoms with Crippen molar-refractivity contribution in [1.29, 1.82) is 0 Å². The van der Waals surface area contributed by atoms with E-state index in [4.69, 9.17) is 9.47 Å². The third-order valence-electron chi connectivity index (χ3n) is 5.39. The highest BCUT2D eigenvalue weighted by Gasteiger charge is 2.44. The summed E-state index contributed by atoms with van der Waals surface area (Å²) in [6, 6.07) is 0. The van der Waals surface area contributed by atoms with Crippen LogP contribution in [0.2, 0.25) is 0 Å². The van der Waals surface area contributed by atoms with Gasteiger partial charge < -0.3 is 9.47 Å². The molecule has 2 aliphatic carbocycles. The number of rotatable bonds is 7. The summed E-state index contributed by atoms with van der Waals surface area (Å²) in [5, 5.41) is 0. The molecule has 146 valence electrons. The summed E-state index contributed by atoms with van der Waals surface area (Å²) in [4.78, 5) is 49.4. The summed E-state index contributed by atoms with van der Waals surface area (Å²) in [6.07, 6.45) is 8.67. The molecule has 0 aliphatic heterocycles. The highest BCUT2D eigenvalue weighted by atomic mass is 16.6. The number of Topliss-reactive ketones (excluding diaryl/α,β-unsaturated/α-hetero) is 2. The molecule has 6 heteroatoms. The molecule has 0 aromatic rings. The largest absolute Gasteiger partial charge is 0.462 e.